The van der Waals surface area contributed by atoms with Gasteiger partial charge in [-0.1, -0.05) is 30.3 Å². The Labute approximate surface area is 150 Å². The fraction of sp³-hybridized carbons (Fsp3) is 0.190. The molecule has 0 fully saturated rings. The van der Waals surface area contributed by atoms with Crippen LogP contribution in [0.4, 0.5) is 0 Å². The van der Waals surface area contributed by atoms with E-state index in [-0.39, 0.29) is 5.63 Å². The van der Waals surface area contributed by atoms with E-state index >= 15 is 0 Å². The number of thioether (sulfide) groups is 1. The van der Waals surface area contributed by atoms with E-state index in [0.29, 0.717) is 23.2 Å². The monoisotopic (exact) mass is 350 g/mol. The van der Waals surface area contributed by atoms with Gasteiger partial charge in [0, 0.05) is 22.8 Å². The molecule has 25 heavy (non-hydrogen) atoms. The highest BCUT2D eigenvalue weighted by Gasteiger charge is 2.13. The molecule has 0 spiro atoms. The maximum Gasteiger partial charge on any atom is 0.336 e. The van der Waals surface area contributed by atoms with Crippen LogP contribution >= 0.6 is 11.8 Å². The smallest absolute Gasteiger partial charge is 0.336 e. The topological polar surface area (TPSA) is 39.4 Å². The van der Waals surface area contributed by atoms with Crippen LogP contribution in [0.25, 0.3) is 11.0 Å². The second-order valence-electron chi connectivity index (χ2n) is 6.17. The van der Waals surface area contributed by atoms with Crippen LogP contribution < -0.4 is 10.4 Å². The molecule has 3 aromatic rings. The van der Waals surface area contributed by atoms with Crippen LogP contribution in [0.5, 0.6) is 5.75 Å². The normalized spacial score (nSPS) is 16.4. The molecule has 0 aliphatic carbocycles. The summed E-state index contributed by atoms with van der Waals surface area (Å²) in [6.07, 6.45) is 3.31. The predicted octanol–water partition coefficient (Wildman–Crippen LogP) is 5.37. The predicted molar refractivity (Wildman–Crippen MR) is 102 cm³/mol. The molecule has 1 aromatic heterocycles. The molecule has 126 valence electrons. The van der Waals surface area contributed by atoms with E-state index in [4.69, 9.17) is 9.15 Å². The van der Waals surface area contributed by atoms with Gasteiger partial charge in [0.25, 0.3) is 0 Å². The molecule has 1 unspecified atom stereocenters. The minimum absolute atomic E-state index is 0.336. The number of fused-ring (bicyclic) bond motifs is 1. The Morgan fingerprint density at radius 1 is 1.16 bits per heavy atom. The van der Waals surface area contributed by atoms with Gasteiger partial charge in [0.1, 0.15) is 17.9 Å². The summed E-state index contributed by atoms with van der Waals surface area (Å²) in [7, 11) is 0. The lowest BCUT2D eigenvalue weighted by molar-refractivity contribution is 0.306. The van der Waals surface area contributed by atoms with Gasteiger partial charge in [0.15, 0.2) is 0 Å². The van der Waals surface area contributed by atoms with Crippen LogP contribution in [-0.4, -0.2) is 0 Å². The minimum atomic E-state index is -0.336. The minimum Gasteiger partial charge on any atom is -0.489 e. The van der Waals surface area contributed by atoms with Crippen LogP contribution in [0.2, 0.25) is 0 Å². The van der Waals surface area contributed by atoms with Gasteiger partial charge < -0.3 is 9.15 Å². The third-order valence-corrected chi connectivity index (χ3v) is 5.51. The maximum absolute atomic E-state index is 11.5. The molecule has 0 N–H and O–H groups in total. The molecule has 2 aromatic carbocycles. The summed E-state index contributed by atoms with van der Waals surface area (Å²) in [6.45, 7) is 2.39. The van der Waals surface area contributed by atoms with Crippen molar-refractivity contribution in [1.29, 1.82) is 0 Å². The van der Waals surface area contributed by atoms with Gasteiger partial charge in [-0.25, -0.2) is 4.79 Å². The van der Waals surface area contributed by atoms with Crippen molar-refractivity contribution in [3.8, 4) is 5.75 Å². The summed E-state index contributed by atoms with van der Waals surface area (Å²) >= 11 is 1.87. The first-order chi connectivity index (χ1) is 12.2. The number of benzene rings is 2. The van der Waals surface area contributed by atoms with Crippen LogP contribution in [0, 0.1) is 6.92 Å². The summed E-state index contributed by atoms with van der Waals surface area (Å²) < 4.78 is 11.1. The molecule has 0 bridgehead atoms. The lowest BCUT2D eigenvalue weighted by atomic mass is 10.1. The van der Waals surface area contributed by atoms with E-state index in [1.165, 1.54) is 11.6 Å². The van der Waals surface area contributed by atoms with E-state index in [9.17, 15) is 4.79 Å². The number of hydrogen-bond acceptors (Lipinski definition) is 4. The number of ether oxygens (including phenoxy) is 1. The maximum atomic E-state index is 11.5. The SMILES string of the molecule is Cc1cc(=O)oc2cc(OCc3ccc(C4CC=CS4)cc3)ccc12. The quantitative estimate of drug-likeness (QED) is 0.593. The summed E-state index contributed by atoms with van der Waals surface area (Å²) in [4.78, 5) is 11.5. The molecule has 0 radical (unpaired) electrons. The fourth-order valence-corrected chi connectivity index (χ4v) is 3.94. The molecule has 0 saturated heterocycles. The average Bonchev–Trinajstić information content (AvgIpc) is 3.14. The first-order valence-electron chi connectivity index (χ1n) is 8.26. The van der Waals surface area contributed by atoms with Crippen LogP contribution in [-0.2, 0) is 6.61 Å². The second kappa shape index (κ2) is 6.81. The van der Waals surface area contributed by atoms with Crippen molar-refractivity contribution in [2.24, 2.45) is 0 Å². The molecule has 1 aliphatic rings. The van der Waals surface area contributed by atoms with Crippen molar-refractivity contribution >= 4 is 22.7 Å². The van der Waals surface area contributed by atoms with E-state index in [1.807, 2.05) is 30.8 Å². The molecule has 0 saturated carbocycles. The molecule has 4 rings (SSSR count). The first-order valence-corrected chi connectivity index (χ1v) is 9.20. The number of hydrogen-bond donors (Lipinski definition) is 0. The van der Waals surface area contributed by atoms with E-state index in [2.05, 4.69) is 35.7 Å². The Hall–Kier alpha value is -2.46. The Bertz CT molecular complexity index is 978. The van der Waals surface area contributed by atoms with Crippen molar-refractivity contribution in [1.82, 2.24) is 0 Å². The molecule has 0 amide bonds. The zero-order chi connectivity index (χ0) is 17.2. The van der Waals surface area contributed by atoms with Crippen molar-refractivity contribution in [3.63, 3.8) is 0 Å². The highest BCUT2D eigenvalue weighted by atomic mass is 32.2. The lowest BCUT2D eigenvalue weighted by Gasteiger charge is -2.11. The Morgan fingerprint density at radius 2 is 2.00 bits per heavy atom. The van der Waals surface area contributed by atoms with Crippen LogP contribution in [0.1, 0.15) is 28.4 Å². The van der Waals surface area contributed by atoms with Crippen molar-refractivity contribution in [2.45, 2.75) is 25.2 Å². The van der Waals surface area contributed by atoms with Gasteiger partial charge in [-0.2, -0.15) is 0 Å². The second-order valence-corrected chi connectivity index (χ2v) is 7.28. The molecule has 4 heteroatoms. The third kappa shape index (κ3) is 3.49. The largest absolute Gasteiger partial charge is 0.489 e. The van der Waals surface area contributed by atoms with Gasteiger partial charge >= 0.3 is 5.63 Å². The van der Waals surface area contributed by atoms with Gasteiger partial charge in [-0.15, -0.1) is 11.8 Å². The van der Waals surface area contributed by atoms with Gasteiger partial charge in [0.05, 0.1) is 0 Å². The van der Waals surface area contributed by atoms with Crippen molar-refractivity contribution in [3.05, 3.63) is 87.1 Å². The van der Waals surface area contributed by atoms with Crippen LogP contribution in [0.15, 0.2) is 69.2 Å². The lowest BCUT2D eigenvalue weighted by Crippen LogP contribution is -1.99. The number of rotatable bonds is 4. The zero-order valence-electron chi connectivity index (χ0n) is 13.9. The average molecular weight is 350 g/mol. The third-order valence-electron chi connectivity index (χ3n) is 4.37. The van der Waals surface area contributed by atoms with Gasteiger partial charge in [0.2, 0.25) is 0 Å². The summed E-state index contributed by atoms with van der Waals surface area (Å²) in [6, 6.07) is 15.7. The Morgan fingerprint density at radius 3 is 2.76 bits per heavy atom. The number of aryl methyl sites for hydroxylation is 1. The molecule has 3 nitrogen and oxygen atoms in total. The van der Waals surface area contributed by atoms with E-state index in [1.54, 1.807) is 6.07 Å². The first kappa shape index (κ1) is 16.0. The summed E-state index contributed by atoms with van der Waals surface area (Å²) in [5.74, 6) is 0.695. The fourth-order valence-electron chi connectivity index (χ4n) is 2.99. The highest BCUT2D eigenvalue weighted by molar-refractivity contribution is 8.02. The summed E-state index contributed by atoms with van der Waals surface area (Å²) in [5.41, 5.74) is 3.60. The highest BCUT2D eigenvalue weighted by Crippen LogP contribution is 2.38. The van der Waals surface area contributed by atoms with E-state index in [0.717, 1.165) is 22.9 Å². The standard InChI is InChI=1S/C21H18O3S/c1-14-11-21(22)24-19-12-17(8-9-18(14)19)23-13-15-4-6-16(7-5-15)20-3-2-10-25-20/h2,4-12,20H,3,13H2,1H3. The van der Waals surface area contributed by atoms with Gasteiger partial charge in [-0.05, 0) is 47.6 Å². The van der Waals surface area contributed by atoms with Crippen LogP contribution in [0.3, 0.4) is 0 Å². The molecule has 1 aliphatic heterocycles. The molecular formula is C21H18O3S. The summed E-state index contributed by atoms with van der Waals surface area (Å²) in [5, 5.41) is 3.64. The Kier molecular flexibility index (Phi) is 4.36. The van der Waals surface area contributed by atoms with E-state index < -0.39 is 0 Å². The van der Waals surface area contributed by atoms with Crippen molar-refractivity contribution < 1.29 is 9.15 Å². The zero-order valence-corrected chi connectivity index (χ0v) is 14.7. The molecule has 1 atom stereocenters. The molecule has 2 heterocycles. The number of allylic oxidation sites excluding steroid dienone is 1. The Balaban J connectivity index is 1.47. The van der Waals surface area contributed by atoms with Gasteiger partial charge in [-0.3, -0.25) is 0 Å². The molecular weight excluding hydrogens is 332 g/mol. The van der Waals surface area contributed by atoms with Crippen molar-refractivity contribution in [2.75, 3.05) is 0 Å².